The van der Waals surface area contributed by atoms with E-state index in [1.54, 1.807) is 22.7 Å². The minimum atomic E-state index is 0.0618. The molecule has 140 valence electrons. The molecule has 0 bridgehead atoms. The normalized spacial score (nSPS) is 15.7. The minimum Gasteiger partial charge on any atom is -0.336 e. The summed E-state index contributed by atoms with van der Waals surface area (Å²) in [6.07, 6.45) is 1.000. The van der Waals surface area contributed by atoms with Crippen LogP contribution in [0.4, 0.5) is 0 Å². The predicted octanol–water partition coefficient (Wildman–Crippen LogP) is 4.53. The summed E-state index contributed by atoms with van der Waals surface area (Å²) in [4.78, 5) is 23.0. The van der Waals surface area contributed by atoms with Crippen molar-refractivity contribution < 1.29 is 4.79 Å². The first-order chi connectivity index (χ1) is 13.2. The lowest BCUT2D eigenvalue weighted by Gasteiger charge is -2.22. The van der Waals surface area contributed by atoms with Gasteiger partial charge in [-0.1, -0.05) is 30.3 Å². The van der Waals surface area contributed by atoms with Crippen molar-refractivity contribution in [3.05, 3.63) is 64.0 Å². The summed E-state index contributed by atoms with van der Waals surface area (Å²) in [7, 11) is 0. The third kappa shape index (κ3) is 4.29. The van der Waals surface area contributed by atoms with Crippen LogP contribution in [0.15, 0.2) is 47.2 Å². The average molecular weight is 398 g/mol. The first-order valence-corrected chi connectivity index (χ1v) is 11.0. The zero-order valence-electron chi connectivity index (χ0n) is 15.4. The van der Waals surface area contributed by atoms with Gasteiger partial charge in [0.1, 0.15) is 10.7 Å². The number of aryl methyl sites for hydroxylation is 1. The number of thiophene rings is 1. The lowest BCUT2D eigenvalue weighted by Crippen LogP contribution is -2.35. The average Bonchev–Trinajstić information content (AvgIpc) is 3.32. The van der Waals surface area contributed by atoms with Crippen LogP contribution < -0.4 is 0 Å². The van der Waals surface area contributed by atoms with Crippen LogP contribution in [0.1, 0.15) is 28.0 Å². The molecule has 0 radical (unpaired) electrons. The van der Waals surface area contributed by atoms with Gasteiger partial charge in [0.05, 0.1) is 4.88 Å². The summed E-state index contributed by atoms with van der Waals surface area (Å²) >= 11 is 3.21. The van der Waals surface area contributed by atoms with E-state index in [0.29, 0.717) is 5.69 Å². The fraction of sp³-hybridized carbons (Fsp3) is 0.333. The van der Waals surface area contributed by atoms with E-state index in [-0.39, 0.29) is 5.91 Å². The zero-order chi connectivity index (χ0) is 18.6. The summed E-state index contributed by atoms with van der Waals surface area (Å²) in [5, 5.41) is 4.87. The summed E-state index contributed by atoms with van der Waals surface area (Å²) in [6.45, 7) is 6.60. The first-order valence-electron chi connectivity index (χ1n) is 9.26. The van der Waals surface area contributed by atoms with Gasteiger partial charge >= 0.3 is 0 Å². The summed E-state index contributed by atoms with van der Waals surface area (Å²) in [6, 6.07) is 12.6. The van der Waals surface area contributed by atoms with E-state index in [0.717, 1.165) is 49.0 Å². The maximum absolute atomic E-state index is 12.9. The molecule has 0 N–H and O–H groups in total. The van der Waals surface area contributed by atoms with E-state index in [9.17, 15) is 4.79 Å². The highest BCUT2D eigenvalue weighted by atomic mass is 32.1. The highest BCUT2D eigenvalue weighted by molar-refractivity contribution is 7.20. The van der Waals surface area contributed by atoms with Gasteiger partial charge in [-0.25, -0.2) is 4.98 Å². The van der Waals surface area contributed by atoms with Crippen molar-refractivity contribution >= 4 is 28.6 Å². The summed E-state index contributed by atoms with van der Waals surface area (Å²) in [5.74, 6) is 0.0618. The number of carbonyl (C=O) groups excluding carboxylic acids is 1. The molecule has 4 rings (SSSR count). The van der Waals surface area contributed by atoms with Crippen LogP contribution in [0, 0.1) is 6.92 Å². The van der Waals surface area contributed by atoms with Gasteiger partial charge in [0.2, 0.25) is 0 Å². The van der Waals surface area contributed by atoms with Crippen molar-refractivity contribution in [2.45, 2.75) is 19.9 Å². The van der Waals surface area contributed by atoms with Gasteiger partial charge in [0.15, 0.2) is 0 Å². The minimum absolute atomic E-state index is 0.0618. The third-order valence-electron chi connectivity index (χ3n) is 4.99. The number of hydrogen-bond acceptors (Lipinski definition) is 5. The van der Waals surface area contributed by atoms with Gasteiger partial charge < -0.3 is 4.90 Å². The van der Waals surface area contributed by atoms with E-state index in [1.807, 2.05) is 27.8 Å². The van der Waals surface area contributed by atoms with Crippen LogP contribution in [-0.2, 0) is 6.54 Å². The maximum atomic E-state index is 12.9. The molecular formula is C21H23N3OS2. The number of rotatable bonds is 4. The van der Waals surface area contributed by atoms with Gasteiger partial charge in [0, 0.05) is 38.1 Å². The standard InChI is InChI=1S/C21H23N3OS2/c1-16-6-2-3-7-17(16)14-23-9-5-10-24(12-11-23)21(25)18-15-27-20(22-18)19-8-4-13-26-19/h2-4,6-8,13,15H,5,9-12,14H2,1H3. The van der Waals surface area contributed by atoms with Crippen LogP contribution >= 0.6 is 22.7 Å². The van der Waals surface area contributed by atoms with Crippen LogP contribution in [0.2, 0.25) is 0 Å². The number of nitrogens with zero attached hydrogens (tertiary/aromatic N) is 3. The highest BCUT2D eigenvalue weighted by Crippen LogP contribution is 2.28. The monoisotopic (exact) mass is 397 g/mol. The van der Waals surface area contributed by atoms with Crippen molar-refractivity contribution in [1.29, 1.82) is 0 Å². The Hall–Kier alpha value is -2.02. The topological polar surface area (TPSA) is 36.4 Å². The van der Waals surface area contributed by atoms with E-state index < -0.39 is 0 Å². The summed E-state index contributed by atoms with van der Waals surface area (Å²) < 4.78 is 0. The molecule has 0 saturated carbocycles. The molecule has 27 heavy (non-hydrogen) atoms. The molecule has 0 spiro atoms. The number of thiazole rings is 1. The second kappa shape index (κ2) is 8.33. The fourth-order valence-electron chi connectivity index (χ4n) is 3.41. The van der Waals surface area contributed by atoms with Gasteiger partial charge in [-0.2, -0.15) is 0 Å². The predicted molar refractivity (Wildman–Crippen MR) is 112 cm³/mol. The lowest BCUT2D eigenvalue weighted by atomic mass is 10.1. The van der Waals surface area contributed by atoms with Gasteiger partial charge in [-0.3, -0.25) is 9.69 Å². The van der Waals surface area contributed by atoms with Crippen molar-refractivity contribution in [3.8, 4) is 9.88 Å². The molecule has 1 aliphatic rings. The Kier molecular flexibility index (Phi) is 5.66. The number of aromatic nitrogens is 1. The molecule has 0 atom stereocenters. The Morgan fingerprint density at radius 1 is 1.07 bits per heavy atom. The second-order valence-electron chi connectivity index (χ2n) is 6.86. The molecule has 4 nitrogen and oxygen atoms in total. The molecule has 1 amide bonds. The van der Waals surface area contributed by atoms with Gasteiger partial charge in [0.25, 0.3) is 5.91 Å². The van der Waals surface area contributed by atoms with Gasteiger partial charge in [-0.05, 0) is 35.9 Å². The fourth-order valence-corrected chi connectivity index (χ4v) is 5.02. The second-order valence-corrected chi connectivity index (χ2v) is 8.67. The number of hydrogen-bond donors (Lipinski definition) is 0. The Balaban J connectivity index is 1.39. The number of amides is 1. The Morgan fingerprint density at radius 2 is 1.96 bits per heavy atom. The van der Waals surface area contributed by atoms with E-state index in [4.69, 9.17) is 0 Å². The van der Waals surface area contributed by atoms with Crippen molar-refractivity contribution in [3.63, 3.8) is 0 Å². The molecule has 1 aliphatic heterocycles. The van der Waals surface area contributed by atoms with Crippen LogP contribution in [0.3, 0.4) is 0 Å². The molecule has 0 aliphatic carbocycles. The molecule has 3 aromatic rings. The molecular weight excluding hydrogens is 374 g/mol. The van der Waals surface area contributed by atoms with E-state index in [1.165, 1.54) is 11.1 Å². The zero-order valence-corrected chi connectivity index (χ0v) is 17.1. The van der Waals surface area contributed by atoms with E-state index >= 15 is 0 Å². The molecule has 3 heterocycles. The Morgan fingerprint density at radius 3 is 2.78 bits per heavy atom. The van der Waals surface area contributed by atoms with Crippen molar-refractivity contribution in [1.82, 2.24) is 14.8 Å². The molecule has 0 unspecified atom stereocenters. The summed E-state index contributed by atoms with van der Waals surface area (Å²) in [5.41, 5.74) is 3.28. The largest absolute Gasteiger partial charge is 0.336 e. The molecule has 6 heteroatoms. The molecule has 1 aromatic carbocycles. The highest BCUT2D eigenvalue weighted by Gasteiger charge is 2.22. The van der Waals surface area contributed by atoms with Crippen LogP contribution in [0.25, 0.3) is 9.88 Å². The maximum Gasteiger partial charge on any atom is 0.273 e. The Labute approximate surface area is 168 Å². The third-order valence-corrected chi connectivity index (χ3v) is 6.87. The van der Waals surface area contributed by atoms with Crippen molar-refractivity contribution in [2.24, 2.45) is 0 Å². The lowest BCUT2D eigenvalue weighted by molar-refractivity contribution is 0.0756. The SMILES string of the molecule is Cc1ccccc1CN1CCCN(C(=O)c2csc(-c3cccs3)n2)CC1. The first kappa shape index (κ1) is 18.3. The smallest absolute Gasteiger partial charge is 0.273 e. The van der Waals surface area contributed by atoms with E-state index in [2.05, 4.69) is 41.1 Å². The molecule has 1 fully saturated rings. The van der Waals surface area contributed by atoms with Crippen LogP contribution in [0.5, 0.6) is 0 Å². The van der Waals surface area contributed by atoms with Gasteiger partial charge in [-0.15, -0.1) is 22.7 Å². The number of carbonyl (C=O) groups is 1. The Bertz CT molecular complexity index is 904. The molecule has 1 saturated heterocycles. The molecule has 2 aromatic heterocycles. The quantitative estimate of drug-likeness (QED) is 0.649. The number of benzene rings is 1. The van der Waals surface area contributed by atoms with Crippen LogP contribution in [-0.4, -0.2) is 46.9 Å². The van der Waals surface area contributed by atoms with Crippen molar-refractivity contribution in [2.75, 3.05) is 26.2 Å².